The predicted octanol–water partition coefficient (Wildman–Crippen LogP) is 2.33. The van der Waals surface area contributed by atoms with Crippen LogP contribution in [0.1, 0.15) is 26.3 Å². The molecular weight excluding hydrogens is 468 g/mol. The molecule has 2 aliphatic rings. The second-order valence-electron chi connectivity index (χ2n) is 9.48. The number of hydrogen-bond acceptors (Lipinski definition) is 7. The SMILES string of the molecule is CC(C)(C)C(=O)C1=CNC2N=CC(c3cc(NS(=O)(=O)c4ccc(=O)[nH]c4)c4cc[nH]c4c3)=NC12. The molecule has 2 atom stereocenters. The molecule has 5 rings (SSSR count). The fraction of sp³-hybridized carbons (Fsp3) is 0.250. The third-order valence-corrected chi connectivity index (χ3v) is 7.24. The Morgan fingerprint density at radius 3 is 2.63 bits per heavy atom. The van der Waals surface area contributed by atoms with Gasteiger partial charge in [-0.1, -0.05) is 20.8 Å². The molecule has 0 bridgehead atoms. The van der Waals surface area contributed by atoms with E-state index in [0.29, 0.717) is 33.4 Å². The number of nitrogens with zero attached hydrogens (tertiary/aromatic N) is 2. The van der Waals surface area contributed by atoms with Crippen LogP contribution >= 0.6 is 0 Å². The molecule has 3 aromatic rings. The van der Waals surface area contributed by atoms with Crippen molar-refractivity contribution < 1.29 is 13.2 Å². The molecule has 4 N–H and O–H groups in total. The number of anilines is 1. The van der Waals surface area contributed by atoms with Gasteiger partial charge in [0.1, 0.15) is 17.1 Å². The molecule has 1 aromatic carbocycles. The van der Waals surface area contributed by atoms with Crippen LogP contribution in [0.3, 0.4) is 0 Å². The summed E-state index contributed by atoms with van der Waals surface area (Å²) >= 11 is 0. The minimum Gasteiger partial charge on any atom is -0.367 e. The van der Waals surface area contributed by atoms with Crippen molar-refractivity contribution in [3.05, 3.63) is 70.4 Å². The Kier molecular flexibility index (Phi) is 5.24. The first-order chi connectivity index (χ1) is 16.5. The van der Waals surface area contributed by atoms with Gasteiger partial charge < -0.3 is 15.3 Å². The molecule has 180 valence electrons. The van der Waals surface area contributed by atoms with Crippen molar-refractivity contribution in [3.8, 4) is 0 Å². The van der Waals surface area contributed by atoms with E-state index in [-0.39, 0.29) is 16.8 Å². The lowest BCUT2D eigenvalue weighted by Crippen LogP contribution is -2.36. The van der Waals surface area contributed by atoms with Crippen LogP contribution in [0.15, 0.2) is 74.2 Å². The molecule has 2 unspecified atom stereocenters. The van der Waals surface area contributed by atoms with E-state index in [4.69, 9.17) is 4.99 Å². The molecule has 35 heavy (non-hydrogen) atoms. The van der Waals surface area contributed by atoms with Crippen molar-refractivity contribution in [1.82, 2.24) is 15.3 Å². The molecule has 0 aliphatic carbocycles. The molecular formula is C24H24N6O4S. The Balaban J connectivity index is 1.53. The van der Waals surface area contributed by atoms with Crippen LogP contribution < -0.4 is 15.6 Å². The summed E-state index contributed by atoms with van der Waals surface area (Å²) in [6, 6.07) is 7.23. The van der Waals surface area contributed by atoms with Crippen LogP contribution in [0, 0.1) is 5.41 Å². The van der Waals surface area contributed by atoms with Crippen LogP contribution in [0.2, 0.25) is 0 Å². The molecule has 10 nitrogen and oxygen atoms in total. The zero-order valence-corrected chi connectivity index (χ0v) is 20.1. The van der Waals surface area contributed by atoms with Gasteiger partial charge in [-0.25, -0.2) is 8.42 Å². The Hall–Kier alpha value is -3.99. The third-order valence-electron chi connectivity index (χ3n) is 5.88. The predicted molar refractivity (Wildman–Crippen MR) is 134 cm³/mol. The summed E-state index contributed by atoms with van der Waals surface area (Å²) in [4.78, 5) is 39.0. The number of nitrogens with one attached hydrogen (secondary N) is 4. The number of H-pyrrole nitrogens is 2. The lowest BCUT2D eigenvalue weighted by Gasteiger charge is -2.24. The summed E-state index contributed by atoms with van der Waals surface area (Å²) in [7, 11) is -3.97. The Bertz CT molecular complexity index is 1580. The van der Waals surface area contributed by atoms with Gasteiger partial charge in [-0.3, -0.25) is 24.3 Å². The lowest BCUT2D eigenvalue weighted by atomic mass is 9.84. The topological polar surface area (TPSA) is 149 Å². The number of ketones is 1. The van der Waals surface area contributed by atoms with Gasteiger partial charge in [0.15, 0.2) is 5.78 Å². The number of Topliss-reactive ketones (excluding diaryl/α,β-unsaturated/α-hetero) is 1. The van der Waals surface area contributed by atoms with E-state index in [1.165, 1.54) is 6.07 Å². The number of aliphatic imine (C=N–C) groups is 2. The second kappa shape index (κ2) is 8.05. The standard InChI is InChI=1S/C24H24N6O4S/c1-24(2,3)22(32)16-11-27-23-21(16)29-19(12-28-23)13-8-17-15(6-7-25-17)18(9-13)30-35(33,34)14-4-5-20(31)26-10-14/h4-12,21,23,25,27,30H,1-3H3,(H,26,31). The minimum absolute atomic E-state index is 0.00753. The zero-order valence-electron chi connectivity index (χ0n) is 19.3. The van der Waals surface area contributed by atoms with Crippen LogP contribution in [0.25, 0.3) is 10.9 Å². The number of benzene rings is 1. The quantitative estimate of drug-likeness (QED) is 0.431. The molecule has 0 radical (unpaired) electrons. The Labute approximate surface area is 201 Å². The second-order valence-corrected chi connectivity index (χ2v) is 11.2. The first-order valence-corrected chi connectivity index (χ1v) is 12.5. The average Bonchev–Trinajstić information content (AvgIpc) is 3.44. The number of fused-ring (bicyclic) bond motifs is 2. The van der Waals surface area contributed by atoms with Crippen molar-refractivity contribution in [3.63, 3.8) is 0 Å². The van der Waals surface area contributed by atoms with Crippen molar-refractivity contribution in [2.75, 3.05) is 4.72 Å². The molecule has 0 spiro atoms. The maximum atomic E-state index is 13.0. The van der Waals surface area contributed by atoms with Gasteiger partial charge in [0, 0.05) is 58.3 Å². The molecule has 4 heterocycles. The summed E-state index contributed by atoms with van der Waals surface area (Å²) in [5.74, 6) is -0.00753. The highest BCUT2D eigenvalue weighted by Gasteiger charge is 2.38. The number of aromatic nitrogens is 2. The first kappa shape index (κ1) is 22.8. The molecule has 0 saturated carbocycles. The van der Waals surface area contributed by atoms with Gasteiger partial charge >= 0.3 is 0 Å². The van der Waals surface area contributed by atoms with E-state index in [1.54, 1.807) is 30.7 Å². The van der Waals surface area contributed by atoms with Crippen LogP contribution in [0.4, 0.5) is 5.69 Å². The molecule has 2 aliphatic heterocycles. The van der Waals surface area contributed by atoms with E-state index >= 15 is 0 Å². The zero-order chi connectivity index (χ0) is 25.0. The van der Waals surface area contributed by atoms with Crippen LogP contribution in [-0.2, 0) is 14.8 Å². The van der Waals surface area contributed by atoms with Gasteiger partial charge in [0.05, 0.1) is 11.4 Å². The van der Waals surface area contributed by atoms with Gasteiger partial charge in [0.25, 0.3) is 10.0 Å². The third kappa shape index (κ3) is 4.18. The first-order valence-electron chi connectivity index (χ1n) is 11.0. The maximum absolute atomic E-state index is 13.0. The van der Waals surface area contributed by atoms with Crippen molar-refractivity contribution in [2.24, 2.45) is 15.4 Å². The smallest absolute Gasteiger partial charge is 0.263 e. The van der Waals surface area contributed by atoms with E-state index in [1.807, 2.05) is 26.8 Å². The number of carbonyl (C=O) groups is 1. The summed E-state index contributed by atoms with van der Waals surface area (Å²) < 4.78 is 28.6. The highest BCUT2D eigenvalue weighted by atomic mass is 32.2. The number of rotatable bonds is 5. The Morgan fingerprint density at radius 2 is 1.91 bits per heavy atom. The molecule has 0 fully saturated rings. The van der Waals surface area contributed by atoms with Crippen molar-refractivity contribution >= 4 is 44.3 Å². The van der Waals surface area contributed by atoms with Crippen LogP contribution in [-0.4, -0.2) is 48.3 Å². The number of pyridine rings is 1. The number of aromatic amines is 2. The largest absolute Gasteiger partial charge is 0.367 e. The van der Waals surface area contributed by atoms with Gasteiger partial charge in [-0.2, -0.15) is 0 Å². The van der Waals surface area contributed by atoms with Crippen molar-refractivity contribution in [1.29, 1.82) is 0 Å². The highest BCUT2D eigenvalue weighted by molar-refractivity contribution is 7.92. The lowest BCUT2D eigenvalue weighted by molar-refractivity contribution is -0.122. The number of carbonyl (C=O) groups excluding carboxylic acids is 1. The van der Waals surface area contributed by atoms with Crippen LogP contribution in [0.5, 0.6) is 0 Å². The maximum Gasteiger partial charge on any atom is 0.263 e. The normalized spacial score (nSPS) is 19.6. The highest BCUT2D eigenvalue weighted by Crippen LogP contribution is 2.31. The van der Waals surface area contributed by atoms with E-state index in [9.17, 15) is 18.0 Å². The molecule has 0 amide bonds. The number of hydrogen-bond donors (Lipinski definition) is 4. The molecule has 0 saturated heterocycles. The van der Waals surface area contributed by atoms with Gasteiger partial charge in [-0.05, 0) is 24.3 Å². The van der Waals surface area contributed by atoms with Gasteiger partial charge in [0.2, 0.25) is 5.56 Å². The van der Waals surface area contributed by atoms with E-state index in [2.05, 4.69) is 25.0 Å². The summed E-state index contributed by atoms with van der Waals surface area (Å²) in [6.45, 7) is 5.58. The van der Waals surface area contributed by atoms with E-state index in [0.717, 1.165) is 12.3 Å². The summed E-state index contributed by atoms with van der Waals surface area (Å²) in [6.07, 6.45) is 5.81. The number of sulfonamides is 1. The minimum atomic E-state index is -3.97. The summed E-state index contributed by atoms with van der Waals surface area (Å²) in [5, 5.41) is 3.78. The monoisotopic (exact) mass is 492 g/mol. The summed E-state index contributed by atoms with van der Waals surface area (Å²) in [5.41, 5.74) is 1.82. The van der Waals surface area contributed by atoms with Crippen molar-refractivity contribution in [2.45, 2.75) is 37.9 Å². The molecule has 11 heteroatoms. The molecule has 2 aromatic heterocycles. The fourth-order valence-corrected chi connectivity index (χ4v) is 5.11. The fourth-order valence-electron chi connectivity index (χ4n) is 4.07. The van der Waals surface area contributed by atoms with E-state index < -0.39 is 27.0 Å². The Morgan fingerprint density at radius 1 is 1.11 bits per heavy atom. The van der Waals surface area contributed by atoms with Gasteiger partial charge in [-0.15, -0.1) is 0 Å². The average molecular weight is 493 g/mol.